The molecule has 0 aliphatic carbocycles. The van der Waals surface area contributed by atoms with Gasteiger partial charge in [0.25, 0.3) is 5.91 Å². The first kappa shape index (κ1) is 20.0. The number of benzene rings is 2. The maximum atomic E-state index is 12.9. The average molecular weight is 405 g/mol. The highest BCUT2D eigenvalue weighted by molar-refractivity contribution is 5.94. The summed E-state index contributed by atoms with van der Waals surface area (Å²) in [6.45, 7) is 4.36. The van der Waals surface area contributed by atoms with Crippen LogP contribution in [0.1, 0.15) is 21.5 Å². The summed E-state index contributed by atoms with van der Waals surface area (Å²) in [5.41, 5.74) is 2.83. The number of nitrogens with zero attached hydrogens (tertiary/aromatic N) is 3. The van der Waals surface area contributed by atoms with Crippen molar-refractivity contribution in [1.82, 2.24) is 14.8 Å². The van der Waals surface area contributed by atoms with Crippen LogP contribution in [0.25, 0.3) is 0 Å². The largest absolute Gasteiger partial charge is 0.489 e. The van der Waals surface area contributed by atoms with Crippen LogP contribution >= 0.6 is 0 Å². The highest BCUT2D eigenvalue weighted by atomic mass is 19.1. The van der Waals surface area contributed by atoms with Crippen LogP contribution in [-0.2, 0) is 13.2 Å². The fraction of sp³-hybridized carbons (Fsp3) is 0.250. The summed E-state index contributed by atoms with van der Waals surface area (Å²) < 4.78 is 18.6. The molecule has 1 fully saturated rings. The van der Waals surface area contributed by atoms with Gasteiger partial charge in [0.2, 0.25) is 0 Å². The van der Waals surface area contributed by atoms with Gasteiger partial charge in [-0.15, -0.1) is 0 Å². The number of carbonyl (C=O) groups is 1. The zero-order chi connectivity index (χ0) is 20.8. The van der Waals surface area contributed by atoms with Crippen LogP contribution < -0.4 is 4.74 Å². The van der Waals surface area contributed by atoms with Crippen molar-refractivity contribution in [3.8, 4) is 5.75 Å². The molecule has 4 rings (SSSR count). The lowest BCUT2D eigenvalue weighted by Crippen LogP contribution is -2.48. The van der Waals surface area contributed by atoms with Crippen molar-refractivity contribution in [1.29, 1.82) is 0 Å². The van der Waals surface area contributed by atoms with E-state index in [4.69, 9.17) is 4.74 Å². The molecule has 0 N–H and O–H groups in total. The molecule has 2 heterocycles. The first-order chi connectivity index (χ1) is 14.7. The van der Waals surface area contributed by atoms with E-state index in [0.29, 0.717) is 31.0 Å². The van der Waals surface area contributed by atoms with Gasteiger partial charge in [-0.3, -0.25) is 14.7 Å². The predicted octanol–water partition coefficient (Wildman–Crippen LogP) is 3.76. The summed E-state index contributed by atoms with van der Waals surface area (Å²) in [4.78, 5) is 21.2. The minimum Gasteiger partial charge on any atom is -0.489 e. The van der Waals surface area contributed by atoms with Crippen molar-refractivity contribution in [3.63, 3.8) is 0 Å². The van der Waals surface area contributed by atoms with Crippen LogP contribution in [0.15, 0.2) is 73.1 Å². The van der Waals surface area contributed by atoms with Crippen molar-refractivity contribution in [2.45, 2.75) is 13.2 Å². The molecule has 6 heteroatoms. The molecular weight excluding hydrogens is 381 g/mol. The molecule has 0 atom stereocenters. The molecule has 1 amide bonds. The summed E-state index contributed by atoms with van der Waals surface area (Å²) >= 11 is 0. The molecule has 5 nitrogen and oxygen atoms in total. The van der Waals surface area contributed by atoms with Gasteiger partial charge in [-0.25, -0.2) is 4.39 Å². The topological polar surface area (TPSA) is 45.7 Å². The second-order valence-electron chi connectivity index (χ2n) is 7.37. The zero-order valence-electron chi connectivity index (χ0n) is 16.7. The second kappa shape index (κ2) is 9.50. The molecule has 154 valence electrons. The van der Waals surface area contributed by atoms with E-state index in [9.17, 15) is 9.18 Å². The fourth-order valence-electron chi connectivity index (χ4n) is 3.48. The third kappa shape index (κ3) is 5.21. The van der Waals surface area contributed by atoms with E-state index in [1.807, 2.05) is 41.4 Å². The number of aromatic nitrogens is 1. The van der Waals surface area contributed by atoms with E-state index in [1.165, 1.54) is 17.7 Å². The molecule has 1 aliphatic heterocycles. The summed E-state index contributed by atoms with van der Waals surface area (Å²) in [5, 5.41) is 0. The molecular formula is C24H24FN3O2. The first-order valence-corrected chi connectivity index (χ1v) is 10.1. The lowest BCUT2D eigenvalue weighted by molar-refractivity contribution is 0.0628. The minimum atomic E-state index is -0.289. The van der Waals surface area contributed by atoms with Gasteiger partial charge in [0.1, 0.15) is 18.2 Å². The summed E-state index contributed by atoms with van der Waals surface area (Å²) in [5.74, 6) is 0.380. The standard InChI is InChI=1S/C24H24FN3O2/c25-22-7-9-23(10-8-22)30-18-19-3-5-21(6-4-19)24(29)28-14-12-27(13-15-28)17-20-2-1-11-26-16-20/h1-11,16H,12-15,17-18H2. The fourth-order valence-corrected chi connectivity index (χ4v) is 3.48. The molecule has 30 heavy (non-hydrogen) atoms. The minimum absolute atomic E-state index is 0.0574. The van der Waals surface area contributed by atoms with Crippen LogP contribution in [0.5, 0.6) is 5.75 Å². The molecule has 3 aromatic rings. The zero-order valence-corrected chi connectivity index (χ0v) is 16.7. The molecule has 0 bridgehead atoms. The number of hydrogen-bond donors (Lipinski definition) is 0. The highest BCUT2D eigenvalue weighted by Crippen LogP contribution is 2.15. The van der Waals surface area contributed by atoms with Crippen molar-refractivity contribution >= 4 is 5.91 Å². The van der Waals surface area contributed by atoms with E-state index in [1.54, 1.807) is 18.3 Å². The molecule has 2 aromatic carbocycles. The maximum Gasteiger partial charge on any atom is 0.253 e. The Labute approximate surface area is 175 Å². The number of halogens is 1. The van der Waals surface area contributed by atoms with Gasteiger partial charge in [0, 0.05) is 50.7 Å². The van der Waals surface area contributed by atoms with Crippen molar-refractivity contribution < 1.29 is 13.9 Å². The van der Waals surface area contributed by atoms with Crippen LogP contribution in [0.3, 0.4) is 0 Å². The van der Waals surface area contributed by atoms with Gasteiger partial charge < -0.3 is 9.64 Å². The van der Waals surface area contributed by atoms with Gasteiger partial charge in [0.15, 0.2) is 0 Å². The maximum absolute atomic E-state index is 12.9. The van der Waals surface area contributed by atoms with Crippen LogP contribution in [-0.4, -0.2) is 46.9 Å². The number of pyridine rings is 1. The number of piperazine rings is 1. The lowest BCUT2D eigenvalue weighted by atomic mass is 10.1. The third-order valence-corrected chi connectivity index (χ3v) is 5.21. The Bertz CT molecular complexity index is 954. The number of ether oxygens (including phenoxy) is 1. The number of carbonyl (C=O) groups excluding carboxylic acids is 1. The second-order valence-corrected chi connectivity index (χ2v) is 7.37. The molecule has 0 spiro atoms. The van der Waals surface area contributed by atoms with E-state index >= 15 is 0 Å². The summed E-state index contributed by atoms with van der Waals surface area (Å²) in [6, 6.07) is 17.4. The SMILES string of the molecule is O=C(c1ccc(COc2ccc(F)cc2)cc1)N1CCN(Cc2cccnc2)CC1. The number of rotatable bonds is 6. The Kier molecular flexibility index (Phi) is 6.35. The Morgan fingerprint density at radius 1 is 0.933 bits per heavy atom. The van der Waals surface area contributed by atoms with Crippen molar-refractivity contribution in [2.24, 2.45) is 0 Å². The quantitative estimate of drug-likeness (QED) is 0.627. The smallest absolute Gasteiger partial charge is 0.253 e. The Balaban J connectivity index is 1.27. The van der Waals surface area contributed by atoms with E-state index in [2.05, 4.69) is 16.0 Å². The third-order valence-electron chi connectivity index (χ3n) is 5.21. The molecule has 0 radical (unpaired) electrons. The number of hydrogen-bond acceptors (Lipinski definition) is 4. The summed E-state index contributed by atoms with van der Waals surface area (Å²) in [7, 11) is 0. The van der Waals surface area contributed by atoms with E-state index < -0.39 is 0 Å². The monoisotopic (exact) mass is 405 g/mol. The Hall–Kier alpha value is -3.25. The Morgan fingerprint density at radius 2 is 1.67 bits per heavy atom. The van der Waals surface area contributed by atoms with Gasteiger partial charge >= 0.3 is 0 Å². The first-order valence-electron chi connectivity index (χ1n) is 10.1. The van der Waals surface area contributed by atoms with E-state index in [0.717, 1.165) is 25.2 Å². The Morgan fingerprint density at radius 3 is 2.33 bits per heavy atom. The molecule has 1 saturated heterocycles. The molecule has 0 saturated carbocycles. The van der Waals surface area contributed by atoms with Crippen molar-refractivity contribution in [2.75, 3.05) is 26.2 Å². The molecule has 0 unspecified atom stereocenters. The highest BCUT2D eigenvalue weighted by Gasteiger charge is 2.22. The van der Waals surface area contributed by atoms with E-state index in [-0.39, 0.29) is 11.7 Å². The lowest BCUT2D eigenvalue weighted by Gasteiger charge is -2.34. The van der Waals surface area contributed by atoms with Crippen molar-refractivity contribution in [3.05, 3.63) is 95.6 Å². The van der Waals surface area contributed by atoms with Crippen LogP contribution in [0.2, 0.25) is 0 Å². The normalized spacial score (nSPS) is 14.5. The predicted molar refractivity (Wildman–Crippen MR) is 113 cm³/mol. The summed E-state index contributed by atoms with van der Waals surface area (Å²) in [6.07, 6.45) is 3.67. The number of amides is 1. The van der Waals surface area contributed by atoms with Crippen LogP contribution in [0.4, 0.5) is 4.39 Å². The van der Waals surface area contributed by atoms with Gasteiger partial charge in [-0.05, 0) is 53.6 Å². The average Bonchev–Trinajstić information content (AvgIpc) is 2.80. The van der Waals surface area contributed by atoms with Gasteiger partial charge in [0.05, 0.1) is 0 Å². The van der Waals surface area contributed by atoms with Crippen LogP contribution in [0, 0.1) is 5.82 Å². The van der Waals surface area contributed by atoms with Gasteiger partial charge in [-0.1, -0.05) is 18.2 Å². The molecule has 1 aliphatic rings. The molecule has 1 aromatic heterocycles. The van der Waals surface area contributed by atoms with Gasteiger partial charge in [-0.2, -0.15) is 0 Å².